The van der Waals surface area contributed by atoms with E-state index in [9.17, 15) is 0 Å². The Morgan fingerprint density at radius 3 is 2.76 bits per heavy atom. The second-order valence-electron chi connectivity index (χ2n) is 3.93. The van der Waals surface area contributed by atoms with Gasteiger partial charge in [-0.3, -0.25) is 4.90 Å². The van der Waals surface area contributed by atoms with Crippen molar-refractivity contribution in [2.75, 3.05) is 7.05 Å². The van der Waals surface area contributed by atoms with Crippen molar-refractivity contribution >= 4 is 38.9 Å². The van der Waals surface area contributed by atoms with E-state index in [1.54, 1.807) is 17.5 Å². The molecule has 0 N–H and O–H groups in total. The Hall–Kier alpha value is -0.360. The third-order valence-corrected chi connectivity index (χ3v) is 4.45. The monoisotopic (exact) mass is 333 g/mol. The van der Waals surface area contributed by atoms with E-state index >= 15 is 0 Å². The molecule has 2 aromatic rings. The molecule has 2 aromatic heterocycles. The molecule has 0 unspecified atom stereocenters. The molecule has 2 rings (SSSR count). The maximum atomic E-state index is 5.95. The van der Waals surface area contributed by atoms with Crippen LogP contribution in [-0.4, -0.2) is 21.5 Å². The van der Waals surface area contributed by atoms with Crippen molar-refractivity contribution in [2.24, 2.45) is 7.05 Å². The Labute approximate surface area is 118 Å². The van der Waals surface area contributed by atoms with Gasteiger partial charge in [0.1, 0.15) is 11.0 Å². The van der Waals surface area contributed by atoms with E-state index in [0.29, 0.717) is 5.15 Å². The van der Waals surface area contributed by atoms with Crippen LogP contribution in [0.2, 0.25) is 5.15 Å². The summed E-state index contributed by atoms with van der Waals surface area (Å²) in [6.07, 6.45) is 1.69. The molecule has 17 heavy (non-hydrogen) atoms. The van der Waals surface area contributed by atoms with Crippen LogP contribution >= 0.6 is 38.9 Å². The van der Waals surface area contributed by atoms with Crippen LogP contribution in [0.4, 0.5) is 0 Å². The van der Waals surface area contributed by atoms with Crippen molar-refractivity contribution < 1.29 is 0 Å². The summed E-state index contributed by atoms with van der Waals surface area (Å²) < 4.78 is 3.07. The van der Waals surface area contributed by atoms with Crippen LogP contribution in [0.3, 0.4) is 0 Å². The van der Waals surface area contributed by atoms with Gasteiger partial charge < -0.3 is 4.57 Å². The van der Waals surface area contributed by atoms with Crippen LogP contribution in [0.1, 0.15) is 10.7 Å². The van der Waals surface area contributed by atoms with Gasteiger partial charge in [0, 0.05) is 18.5 Å². The van der Waals surface area contributed by atoms with Crippen LogP contribution in [0.15, 0.2) is 22.1 Å². The molecule has 0 spiro atoms. The van der Waals surface area contributed by atoms with Crippen molar-refractivity contribution in [3.8, 4) is 0 Å². The molecule has 0 fully saturated rings. The van der Waals surface area contributed by atoms with Gasteiger partial charge in [-0.05, 0) is 35.1 Å². The highest BCUT2D eigenvalue weighted by atomic mass is 79.9. The Kier molecular flexibility index (Phi) is 4.25. The highest BCUT2D eigenvalue weighted by molar-refractivity contribution is 9.11. The average molecular weight is 335 g/mol. The second-order valence-corrected chi connectivity index (χ2v) is 6.87. The summed E-state index contributed by atoms with van der Waals surface area (Å²) >= 11 is 11.2. The number of hydrogen-bond acceptors (Lipinski definition) is 3. The van der Waals surface area contributed by atoms with Crippen LogP contribution in [-0.2, 0) is 20.1 Å². The fourth-order valence-electron chi connectivity index (χ4n) is 1.57. The minimum Gasteiger partial charge on any atom is -0.321 e. The average Bonchev–Trinajstić information content (AvgIpc) is 2.79. The normalized spacial score (nSPS) is 11.4. The first-order valence-corrected chi connectivity index (χ1v) is 7.14. The Morgan fingerprint density at radius 2 is 2.24 bits per heavy atom. The first-order chi connectivity index (χ1) is 8.06. The smallest absolute Gasteiger partial charge is 0.128 e. The number of imidazole rings is 1. The largest absolute Gasteiger partial charge is 0.321 e. The molecule has 0 aromatic carbocycles. The molecular weight excluding hydrogens is 322 g/mol. The molecule has 0 aliphatic rings. The number of hydrogen-bond donors (Lipinski definition) is 0. The van der Waals surface area contributed by atoms with Gasteiger partial charge in [0.2, 0.25) is 0 Å². The van der Waals surface area contributed by atoms with E-state index in [0.717, 1.165) is 18.9 Å². The molecule has 0 amide bonds. The van der Waals surface area contributed by atoms with E-state index in [4.69, 9.17) is 11.6 Å². The van der Waals surface area contributed by atoms with Crippen LogP contribution in [0, 0.1) is 0 Å². The van der Waals surface area contributed by atoms with Gasteiger partial charge in [-0.15, -0.1) is 11.3 Å². The molecular formula is C11H13BrClN3S. The number of halogens is 2. The van der Waals surface area contributed by atoms with Gasteiger partial charge in [0.15, 0.2) is 0 Å². The van der Waals surface area contributed by atoms with Crippen molar-refractivity contribution in [1.82, 2.24) is 14.5 Å². The summed E-state index contributed by atoms with van der Waals surface area (Å²) in [6.45, 7) is 1.71. The van der Waals surface area contributed by atoms with Gasteiger partial charge in [0.05, 0.1) is 16.5 Å². The number of thiophene rings is 1. The molecule has 0 atom stereocenters. The number of rotatable bonds is 4. The van der Waals surface area contributed by atoms with Gasteiger partial charge in [0.25, 0.3) is 0 Å². The SMILES string of the molecule is CN(Cc1ccc(Br)s1)Cc1ncc(Cl)n1C. The molecule has 2 heterocycles. The molecule has 0 aliphatic heterocycles. The zero-order valence-electron chi connectivity index (χ0n) is 9.65. The third kappa shape index (κ3) is 3.31. The molecule has 0 saturated carbocycles. The number of nitrogens with zero attached hydrogens (tertiary/aromatic N) is 3. The van der Waals surface area contributed by atoms with E-state index < -0.39 is 0 Å². The third-order valence-electron chi connectivity index (χ3n) is 2.49. The highest BCUT2D eigenvalue weighted by Crippen LogP contribution is 2.23. The number of aromatic nitrogens is 2. The van der Waals surface area contributed by atoms with Gasteiger partial charge in [-0.25, -0.2) is 4.98 Å². The lowest BCUT2D eigenvalue weighted by atomic mass is 10.4. The second kappa shape index (κ2) is 5.52. The minimum atomic E-state index is 0.673. The standard InChI is InChI=1S/C11H13BrClN3S/c1-15(6-8-3-4-9(12)17-8)7-11-14-5-10(13)16(11)2/h3-5H,6-7H2,1-2H3. The van der Waals surface area contributed by atoms with Crippen molar-refractivity contribution in [2.45, 2.75) is 13.1 Å². The minimum absolute atomic E-state index is 0.673. The van der Waals surface area contributed by atoms with Crippen molar-refractivity contribution in [3.05, 3.63) is 38.0 Å². The van der Waals surface area contributed by atoms with Crippen LogP contribution in [0.5, 0.6) is 0 Å². The Morgan fingerprint density at radius 1 is 1.47 bits per heavy atom. The van der Waals surface area contributed by atoms with Gasteiger partial charge >= 0.3 is 0 Å². The lowest BCUT2D eigenvalue weighted by molar-refractivity contribution is 0.310. The molecule has 6 heteroatoms. The van der Waals surface area contributed by atoms with E-state index in [1.165, 1.54) is 8.66 Å². The molecule has 3 nitrogen and oxygen atoms in total. The van der Waals surface area contributed by atoms with Crippen molar-refractivity contribution in [3.63, 3.8) is 0 Å². The molecule has 0 aliphatic carbocycles. The fraction of sp³-hybridized carbons (Fsp3) is 0.364. The highest BCUT2D eigenvalue weighted by Gasteiger charge is 2.09. The zero-order chi connectivity index (χ0) is 12.4. The summed E-state index contributed by atoms with van der Waals surface area (Å²) in [4.78, 5) is 7.84. The van der Waals surface area contributed by atoms with Gasteiger partial charge in [-0.1, -0.05) is 11.6 Å². The fourth-order valence-corrected chi connectivity index (χ4v) is 3.28. The topological polar surface area (TPSA) is 21.1 Å². The Bertz CT molecular complexity index is 509. The first-order valence-electron chi connectivity index (χ1n) is 5.15. The van der Waals surface area contributed by atoms with E-state index in [1.807, 2.05) is 11.6 Å². The first kappa shape index (κ1) is 13.1. The maximum Gasteiger partial charge on any atom is 0.128 e. The van der Waals surface area contributed by atoms with Crippen LogP contribution in [0.25, 0.3) is 0 Å². The lowest BCUT2D eigenvalue weighted by Crippen LogP contribution is -2.19. The predicted octanol–water partition coefficient (Wildman–Crippen LogP) is 3.53. The van der Waals surface area contributed by atoms with Crippen molar-refractivity contribution in [1.29, 1.82) is 0 Å². The summed E-state index contributed by atoms with van der Waals surface area (Å²) in [7, 11) is 4.01. The molecule has 0 bridgehead atoms. The summed E-state index contributed by atoms with van der Waals surface area (Å²) in [5, 5.41) is 0.673. The van der Waals surface area contributed by atoms with Gasteiger partial charge in [-0.2, -0.15) is 0 Å². The molecule has 0 saturated heterocycles. The summed E-state index contributed by atoms with van der Waals surface area (Å²) in [5.41, 5.74) is 0. The zero-order valence-corrected chi connectivity index (χ0v) is 12.8. The van der Waals surface area contributed by atoms with Crippen LogP contribution < -0.4 is 0 Å². The summed E-state index contributed by atoms with van der Waals surface area (Å²) in [6, 6.07) is 4.21. The molecule has 0 radical (unpaired) electrons. The summed E-state index contributed by atoms with van der Waals surface area (Å²) in [5.74, 6) is 0.980. The van der Waals surface area contributed by atoms with E-state index in [2.05, 4.69) is 45.0 Å². The molecule has 92 valence electrons. The quantitative estimate of drug-likeness (QED) is 0.853. The lowest BCUT2D eigenvalue weighted by Gasteiger charge is -2.15. The Balaban J connectivity index is 1.97. The predicted molar refractivity (Wildman–Crippen MR) is 75.4 cm³/mol. The maximum absolute atomic E-state index is 5.95. The van der Waals surface area contributed by atoms with E-state index in [-0.39, 0.29) is 0 Å².